The first-order valence-corrected chi connectivity index (χ1v) is 9.53. The summed E-state index contributed by atoms with van der Waals surface area (Å²) in [5.74, 6) is 0. The Morgan fingerprint density at radius 3 is 2.75 bits per heavy atom. The first kappa shape index (κ1) is 15.7. The van der Waals surface area contributed by atoms with Gasteiger partial charge in [0.1, 0.15) is 4.21 Å². The van der Waals surface area contributed by atoms with Crippen LogP contribution >= 0.6 is 22.7 Å². The molecule has 4 nitrogen and oxygen atoms in total. The second-order valence-corrected chi connectivity index (χ2v) is 8.52. The quantitative estimate of drug-likeness (QED) is 0.821. The summed E-state index contributed by atoms with van der Waals surface area (Å²) in [5, 5.41) is 5.16. The lowest BCUT2D eigenvalue weighted by Gasteiger charge is -2.02. The first-order chi connectivity index (χ1) is 9.53. The fourth-order valence-corrected chi connectivity index (χ4v) is 5.03. The molecule has 0 fully saturated rings. The molecule has 2 aromatic rings. The van der Waals surface area contributed by atoms with Crippen molar-refractivity contribution in [2.24, 2.45) is 0 Å². The molecule has 2 heterocycles. The van der Waals surface area contributed by atoms with E-state index in [-0.39, 0.29) is 0 Å². The Labute approximate surface area is 127 Å². The molecular weight excluding hydrogens is 312 g/mol. The predicted octanol–water partition coefficient (Wildman–Crippen LogP) is 2.71. The van der Waals surface area contributed by atoms with E-state index in [0.717, 1.165) is 21.9 Å². The van der Waals surface area contributed by atoms with Crippen LogP contribution in [0.1, 0.15) is 22.2 Å². The van der Waals surface area contributed by atoms with Gasteiger partial charge >= 0.3 is 0 Å². The second-order valence-electron chi connectivity index (χ2n) is 4.36. The number of aryl methyl sites for hydroxylation is 1. The van der Waals surface area contributed by atoms with Gasteiger partial charge in [-0.25, -0.2) is 13.1 Å². The van der Waals surface area contributed by atoms with Crippen molar-refractivity contribution >= 4 is 32.7 Å². The Kier molecular flexibility index (Phi) is 5.34. The Bertz CT molecular complexity index is 645. The van der Waals surface area contributed by atoms with Gasteiger partial charge in [-0.05, 0) is 36.5 Å². The maximum Gasteiger partial charge on any atom is 0.250 e. The van der Waals surface area contributed by atoms with Crippen molar-refractivity contribution in [1.29, 1.82) is 0 Å². The lowest BCUT2D eigenvalue weighted by atomic mass is 10.3. The fourth-order valence-electron chi connectivity index (χ4n) is 1.69. The molecule has 0 saturated carbocycles. The van der Waals surface area contributed by atoms with Crippen LogP contribution in [0.25, 0.3) is 0 Å². The third-order valence-electron chi connectivity index (χ3n) is 2.81. The number of sulfonamides is 1. The van der Waals surface area contributed by atoms with E-state index in [1.807, 2.05) is 31.4 Å². The molecule has 110 valence electrons. The summed E-state index contributed by atoms with van der Waals surface area (Å²) in [4.78, 5) is 2.08. The smallest absolute Gasteiger partial charge is 0.250 e. The van der Waals surface area contributed by atoms with Crippen LogP contribution in [-0.2, 0) is 23.1 Å². The SMILES string of the molecule is CCNCc1sc(S(=O)(=O)NCc2cccs2)cc1C. The maximum absolute atomic E-state index is 12.3. The molecule has 0 aliphatic rings. The van der Waals surface area contributed by atoms with E-state index >= 15 is 0 Å². The highest BCUT2D eigenvalue weighted by Gasteiger charge is 2.18. The molecule has 0 aliphatic heterocycles. The molecule has 0 bridgehead atoms. The molecule has 2 rings (SSSR count). The number of thiophene rings is 2. The average molecular weight is 331 g/mol. The van der Waals surface area contributed by atoms with Gasteiger partial charge in [0.05, 0.1) is 0 Å². The zero-order valence-electron chi connectivity index (χ0n) is 11.5. The van der Waals surface area contributed by atoms with Crippen LogP contribution < -0.4 is 10.0 Å². The molecule has 2 N–H and O–H groups in total. The minimum Gasteiger partial charge on any atom is -0.312 e. The van der Waals surface area contributed by atoms with E-state index in [2.05, 4.69) is 10.0 Å². The lowest BCUT2D eigenvalue weighted by molar-refractivity contribution is 0.584. The van der Waals surface area contributed by atoms with Crippen molar-refractivity contribution in [2.75, 3.05) is 6.54 Å². The summed E-state index contributed by atoms with van der Waals surface area (Å²) in [7, 11) is -3.42. The second kappa shape index (κ2) is 6.82. The highest BCUT2D eigenvalue weighted by atomic mass is 32.2. The summed E-state index contributed by atoms with van der Waals surface area (Å²) in [6.45, 7) is 5.91. The van der Waals surface area contributed by atoms with Gasteiger partial charge in [-0.2, -0.15) is 0 Å². The van der Waals surface area contributed by atoms with Gasteiger partial charge in [0.25, 0.3) is 0 Å². The van der Waals surface area contributed by atoms with Gasteiger partial charge in [-0.3, -0.25) is 0 Å². The highest BCUT2D eigenvalue weighted by molar-refractivity contribution is 7.91. The Hall–Kier alpha value is -0.730. The largest absolute Gasteiger partial charge is 0.312 e. The Morgan fingerprint density at radius 2 is 2.10 bits per heavy atom. The number of hydrogen-bond donors (Lipinski definition) is 2. The van der Waals surface area contributed by atoms with Gasteiger partial charge in [0, 0.05) is 22.8 Å². The van der Waals surface area contributed by atoms with Crippen LogP contribution in [0.5, 0.6) is 0 Å². The van der Waals surface area contributed by atoms with Gasteiger partial charge < -0.3 is 5.32 Å². The zero-order chi connectivity index (χ0) is 14.6. The third-order valence-corrected chi connectivity index (χ3v) is 6.80. The van der Waals surface area contributed by atoms with Crippen molar-refractivity contribution in [3.8, 4) is 0 Å². The molecule has 0 amide bonds. The van der Waals surface area contributed by atoms with E-state index in [1.54, 1.807) is 17.4 Å². The van der Waals surface area contributed by atoms with Gasteiger partial charge in [0.2, 0.25) is 10.0 Å². The molecule has 0 spiro atoms. The summed E-state index contributed by atoms with van der Waals surface area (Å²) in [6, 6.07) is 5.58. The molecule has 0 atom stereocenters. The topological polar surface area (TPSA) is 58.2 Å². The lowest BCUT2D eigenvalue weighted by Crippen LogP contribution is -2.21. The zero-order valence-corrected chi connectivity index (χ0v) is 13.9. The highest BCUT2D eigenvalue weighted by Crippen LogP contribution is 2.26. The minimum absolute atomic E-state index is 0.347. The number of rotatable bonds is 7. The van der Waals surface area contributed by atoms with Crippen LogP contribution in [0.4, 0.5) is 0 Å². The number of hydrogen-bond acceptors (Lipinski definition) is 5. The summed E-state index contributed by atoms with van der Waals surface area (Å²) in [6.07, 6.45) is 0. The maximum atomic E-state index is 12.3. The normalized spacial score (nSPS) is 11.9. The van der Waals surface area contributed by atoms with E-state index in [4.69, 9.17) is 0 Å². The standard InChI is InChI=1S/C13H18N2O2S3/c1-3-14-9-12-10(2)7-13(19-12)20(16,17)15-8-11-5-4-6-18-11/h4-7,14-15H,3,8-9H2,1-2H3. The van der Waals surface area contributed by atoms with Gasteiger partial charge in [0.15, 0.2) is 0 Å². The third kappa shape index (κ3) is 3.89. The average Bonchev–Trinajstić information content (AvgIpc) is 3.04. The minimum atomic E-state index is -3.42. The van der Waals surface area contributed by atoms with Crippen LogP contribution in [-0.4, -0.2) is 15.0 Å². The van der Waals surface area contributed by atoms with Gasteiger partial charge in [-0.15, -0.1) is 22.7 Å². The molecule has 0 radical (unpaired) electrons. The summed E-state index contributed by atoms with van der Waals surface area (Å²) < 4.78 is 27.5. The molecule has 7 heteroatoms. The van der Waals surface area contributed by atoms with Crippen LogP contribution in [0.3, 0.4) is 0 Å². The van der Waals surface area contributed by atoms with Crippen molar-refractivity contribution < 1.29 is 8.42 Å². The van der Waals surface area contributed by atoms with Crippen LogP contribution in [0, 0.1) is 6.92 Å². The van der Waals surface area contributed by atoms with Crippen LogP contribution in [0.15, 0.2) is 27.8 Å². The van der Waals surface area contributed by atoms with Crippen molar-refractivity contribution in [1.82, 2.24) is 10.0 Å². The van der Waals surface area contributed by atoms with Crippen LogP contribution in [0.2, 0.25) is 0 Å². The molecular formula is C13H18N2O2S3. The molecule has 0 aliphatic carbocycles. The van der Waals surface area contributed by atoms with E-state index in [0.29, 0.717) is 17.3 Å². The Morgan fingerprint density at radius 1 is 1.30 bits per heavy atom. The van der Waals surface area contributed by atoms with Gasteiger partial charge in [-0.1, -0.05) is 13.0 Å². The molecule has 0 unspecified atom stereocenters. The van der Waals surface area contributed by atoms with Crippen molar-refractivity contribution in [3.05, 3.63) is 38.9 Å². The molecule has 0 saturated heterocycles. The first-order valence-electron chi connectivity index (χ1n) is 6.35. The Balaban J connectivity index is 2.09. The fraction of sp³-hybridized carbons (Fsp3) is 0.385. The van der Waals surface area contributed by atoms with E-state index in [9.17, 15) is 8.42 Å². The molecule has 0 aromatic carbocycles. The molecule has 2 aromatic heterocycles. The monoisotopic (exact) mass is 330 g/mol. The summed E-state index contributed by atoms with van der Waals surface area (Å²) >= 11 is 2.88. The van der Waals surface area contributed by atoms with E-state index in [1.165, 1.54) is 11.3 Å². The molecule has 20 heavy (non-hydrogen) atoms. The summed E-state index contributed by atoms with van der Waals surface area (Å²) in [5.41, 5.74) is 1.02. The van der Waals surface area contributed by atoms with Crippen molar-refractivity contribution in [3.63, 3.8) is 0 Å². The number of nitrogens with one attached hydrogen (secondary N) is 2. The van der Waals surface area contributed by atoms with E-state index < -0.39 is 10.0 Å². The van der Waals surface area contributed by atoms with Crippen molar-refractivity contribution in [2.45, 2.75) is 31.1 Å². The predicted molar refractivity (Wildman–Crippen MR) is 84.8 cm³/mol.